The van der Waals surface area contributed by atoms with Crippen LogP contribution in [0.5, 0.6) is 0 Å². The lowest BCUT2D eigenvalue weighted by Crippen LogP contribution is -2.62. The second-order valence-corrected chi connectivity index (χ2v) is 9.70. The van der Waals surface area contributed by atoms with Crippen LogP contribution in [0, 0.1) is 19.3 Å². The van der Waals surface area contributed by atoms with Gasteiger partial charge in [0.25, 0.3) is 11.8 Å². The van der Waals surface area contributed by atoms with Crippen molar-refractivity contribution < 1.29 is 14.4 Å². The third-order valence-corrected chi connectivity index (χ3v) is 7.11. The molecule has 2 atom stereocenters. The maximum absolute atomic E-state index is 13.1. The van der Waals surface area contributed by atoms with E-state index in [4.69, 9.17) is 6.42 Å². The zero-order chi connectivity index (χ0) is 25.5. The van der Waals surface area contributed by atoms with Crippen LogP contribution in [0.2, 0.25) is 0 Å². The lowest BCUT2D eigenvalue weighted by atomic mass is 9.98. The molecule has 0 spiro atoms. The van der Waals surface area contributed by atoms with Gasteiger partial charge in [0.2, 0.25) is 0 Å². The highest BCUT2D eigenvalue weighted by Crippen LogP contribution is 2.20. The Hall–Kier alpha value is -3.36. The molecule has 2 aromatic heterocycles. The minimum atomic E-state index is -0.485. The van der Waals surface area contributed by atoms with E-state index in [1.165, 1.54) is 11.3 Å². The lowest BCUT2D eigenvalue weighted by Gasteiger charge is -2.40. The number of hydrogen-bond acceptors (Lipinski definition) is 6. The van der Waals surface area contributed by atoms with E-state index in [1.807, 2.05) is 20.9 Å². The number of aromatic amines is 1. The molecule has 10 nitrogen and oxygen atoms in total. The van der Waals surface area contributed by atoms with E-state index in [9.17, 15) is 14.4 Å². The van der Waals surface area contributed by atoms with Crippen LogP contribution in [-0.4, -0.2) is 90.0 Å². The number of nitrogens with zero attached hydrogens (tertiary/aromatic N) is 3. The van der Waals surface area contributed by atoms with Gasteiger partial charge in [0.05, 0.1) is 23.5 Å². The monoisotopic (exact) mass is 499 g/mol. The van der Waals surface area contributed by atoms with Crippen molar-refractivity contribution in [2.24, 2.45) is 0 Å². The van der Waals surface area contributed by atoms with Crippen LogP contribution in [0.1, 0.15) is 49.9 Å². The van der Waals surface area contributed by atoms with Crippen LogP contribution in [0.25, 0.3) is 0 Å². The second kappa shape index (κ2) is 11.9. The molecular weight excluding hydrogens is 466 g/mol. The Morgan fingerprint density at radius 2 is 2.03 bits per heavy atom. The number of piperidine rings is 1. The highest BCUT2D eigenvalue weighted by molar-refractivity contribution is 7.13. The minimum Gasteiger partial charge on any atom is -0.346 e. The third kappa shape index (κ3) is 6.41. The van der Waals surface area contributed by atoms with Gasteiger partial charge in [0, 0.05) is 44.5 Å². The molecule has 0 radical (unpaired) electrons. The van der Waals surface area contributed by atoms with Crippen LogP contribution in [0.15, 0.2) is 12.1 Å². The summed E-state index contributed by atoms with van der Waals surface area (Å²) >= 11 is 1.34. The van der Waals surface area contributed by atoms with Gasteiger partial charge < -0.3 is 30.7 Å². The number of rotatable bonds is 8. The molecule has 4 N–H and O–H groups in total. The molecular formula is C24H33N7O3S. The number of nitrogens with one attached hydrogen (secondary N) is 4. The number of urea groups is 1. The van der Waals surface area contributed by atoms with Crippen molar-refractivity contribution in [2.45, 2.75) is 38.8 Å². The summed E-state index contributed by atoms with van der Waals surface area (Å²) in [7, 11) is 3.61. The van der Waals surface area contributed by atoms with Crippen LogP contribution in [-0.2, 0) is 6.42 Å². The Morgan fingerprint density at radius 1 is 1.29 bits per heavy atom. The smallest absolute Gasteiger partial charge is 0.319 e. The number of carbonyl (C=O) groups is 3. The van der Waals surface area contributed by atoms with Gasteiger partial charge in [-0.15, -0.1) is 17.8 Å². The predicted octanol–water partition coefficient (Wildman–Crippen LogP) is 1.20. The number of thiazole rings is 1. The molecule has 35 heavy (non-hydrogen) atoms. The zero-order valence-corrected chi connectivity index (χ0v) is 21.4. The van der Waals surface area contributed by atoms with Crippen LogP contribution >= 0.6 is 11.3 Å². The normalized spacial score (nSPS) is 17.5. The van der Waals surface area contributed by atoms with Crippen LogP contribution in [0.3, 0.4) is 0 Å². The highest BCUT2D eigenvalue weighted by atomic mass is 32.1. The number of amides is 4. The fourth-order valence-electron chi connectivity index (χ4n) is 3.91. The quantitative estimate of drug-likeness (QED) is 0.407. The molecule has 2 aromatic rings. The van der Waals surface area contributed by atoms with Crippen molar-refractivity contribution in [1.29, 1.82) is 0 Å². The van der Waals surface area contributed by atoms with Gasteiger partial charge in [0.15, 0.2) is 5.01 Å². The molecule has 0 saturated carbocycles. The van der Waals surface area contributed by atoms with Gasteiger partial charge in [-0.2, -0.15) is 0 Å². The van der Waals surface area contributed by atoms with E-state index in [1.54, 1.807) is 29.0 Å². The molecule has 0 bridgehead atoms. The Balaban J connectivity index is 1.76. The Labute approximate surface area is 209 Å². The number of aromatic nitrogens is 2. The Bertz CT molecular complexity index is 1100. The van der Waals surface area contributed by atoms with Gasteiger partial charge in [0.1, 0.15) is 5.69 Å². The van der Waals surface area contributed by atoms with Crippen molar-refractivity contribution in [3.8, 4) is 12.3 Å². The third-order valence-electron chi connectivity index (χ3n) is 6.10. The second-order valence-electron chi connectivity index (χ2n) is 8.50. The average molecular weight is 500 g/mol. The van der Waals surface area contributed by atoms with E-state index in [2.05, 4.69) is 31.8 Å². The fraction of sp³-hybridized carbons (Fsp3) is 0.500. The van der Waals surface area contributed by atoms with Gasteiger partial charge in [-0.25, -0.2) is 9.78 Å². The standard InChI is InChI=1S/C24H33N7O3S/c1-6-16-8-9-19(26-16)21(32)27-18-11-13-31(24(34)30(5)7-2)14-20(18)28-22(33)23-29-17(10-12-25-4)15(3)35-23/h1,8-9,18,20,25-26H,7,10-14H2,2-5H3,(H,27,32)(H,28,33)/t18?,20-/m1/s1. The largest absolute Gasteiger partial charge is 0.346 e. The summed E-state index contributed by atoms with van der Waals surface area (Å²) in [5, 5.41) is 9.48. The maximum atomic E-state index is 13.1. The summed E-state index contributed by atoms with van der Waals surface area (Å²) < 4.78 is 0. The molecule has 11 heteroatoms. The molecule has 0 aromatic carbocycles. The van der Waals surface area contributed by atoms with Crippen molar-refractivity contribution in [3.63, 3.8) is 0 Å². The molecule has 3 heterocycles. The molecule has 1 saturated heterocycles. The number of aryl methyl sites for hydroxylation is 1. The summed E-state index contributed by atoms with van der Waals surface area (Å²) in [5.74, 6) is 1.83. The van der Waals surface area contributed by atoms with Crippen molar-refractivity contribution in [2.75, 3.05) is 40.3 Å². The zero-order valence-electron chi connectivity index (χ0n) is 20.6. The van der Waals surface area contributed by atoms with E-state index in [0.29, 0.717) is 35.9 Å². The average Bonchev–Trinajstić information content (AvgIpc) is 3.49. The summed E-state index contributed by atoms with van der Waals surface area (Å²) in [6, 6.07) is 2.31. The van der Waals surface area contributed by atoms with Gasteiger partial charge in [-0.3, -0.25) is 9.59 Å². The molecule has 1 unspecified atom stereocenters. The highest BCUT2D eigenvalue weighted by Gasteiger charge is 2.35. The molecule has 0 aliphatic carbocycles. The SMILES string of the molecule is C#Cc1ccc(C(=O)NC2CCN(C(=O)N(C)CC)C[C@H]2NC(=O)c2nc(CCNC)c(C)s2)[nH]1. The van der Waals surface area contributed by atoms with Gasteiger partial charge in [-0.05, 0) is 39.4 Å². The minimum absolute atomic E-state index is 0.112. The summed E-state index contributed by atoms with van der Waals surface area (Å²) in [6.45, 7) is 5.93. The topological polar surface area (TPSA) is 122 Å². The van der Waals surface area contributed by atoms with E-state index < -0.39 is 6.04 Å². The number of terminal acetylenes is 1. The number of H-pyrrole nitrogens is 1. The van der Waals surface area contributed by atoms with E-state index in [-0.39, 0.29) is 30.4 Å². The molecule has 4 amide bonds. The van der Waals surface area contributed by atoms with Crippen molar-refractivity contribution in [1.82, 2.24) is 35.7 Å². The number of carbonyl (C=O) groups excluding carboxylic acids is 3. The van der Waals surface area contributed by atoms with Gasteiger partial charge >= 0.3 is 6.03 Å². The van der Waals surface area contributed by atoms with Crippen molar-refractivity contribution >= 4 is 29.2 Å². The summed E-state index contributed by atoms with van der Waals surface area (Å²) in [4.78, 5) is 50.5. The first-order valence-corrected chi connectivity index (χ1v) is 12.5. The van der Waals surface area contributed by atoms with Crippen LogP contribution in [0.4, 0.5) is 4.79 Å². The molecule has 1 aliphatic heterocycles. The predicted molar refractivity (Wildman–Crippen MR) is 136 cm³/mol. The lowest BCUT2D eigenvalue weighted by molar-refractivity contribution is 0.0811. The van der Waals surface area contributed by atoms with Crippen LogP contribution < -0.4 is 16.0 Å². The molecule has 3 rings (SSSR count). The number of hydrogen-bond donors (Lipinski definition) is 4. The fourth-order valence-corrected chi connectivity index (χ4v) is 4.77. The summed E-state index contributed by atoms with van der Waals surface area (Å²) in [6.07, 6.45) is 6.61. The number of likely N-dealkylation sites (N-methyl/N-ethyl adjacent to an activating group) is 1. The first-order valence-electron chi connectivity index (χ1n) is 11.7. The first-order chi connectivity index (χ1) is 16.8. The van der Waals surface area contributed by atoms with E-state index >= 15 is 0 Å². The maximum Gasteiger partial charge on any atom is 0.319 e. The number of likely N-dealkylation sites (tertiary alicyclic amines) is 1. The van der Waals surface area contributed by atoms with Crippen molar-refractivity contribution in [3.05, 3.63) is 39.1 Å². The first kappa shape index (κ1) is 26.2. The summed E-state index contributed by atoms with van der Waals surface area (Å²) in [5.41, 5.74) is 1.74. The Kier molecular flexibility index (Phi) is 8.89. The molecule has 1 aliphatic rings. The Morgan fingerprint density at radius 3 is 2.69 bits per heavy atom. The van der Waals surface area contributed by atoms with E-state index in [0.717, 1.165) is 23.5 Å². The van der Waals surface area contributed by atoms with Gasteiger partial charge in [-0.1, -0.05) is 5.92 Å². The molecule has 1 fully saturated rings. The molecule has 188 valence electrons.